The number of rotatable bonds is 6. The van der Waals surface area contributed by atoms with E-state index in [9.17, 15) is 21.6 Å². The van der Waals surface area contributed by atoms with Gasteiger partial charge in [0.25, 0.3) is 5.91 Å². The second kappa shape index (κ2) is 9.84. The number of halogens is 1. The number of sulfonamides is 2. The molecule has 0 radical (unpaired) electrons. The number of nitrogens with one attached hydrogen (secondary N) is 1. The Balaban J connectivity index is 1.60. The van der Waals surface area contributed by atoms with E-state index in [1.165, 1.54) is 47.8 Å². The van der Waals surface area contributed by atoms with Crippen molar-refractivity contribution < 1.29 is 31.1 Å². The van der Waals surface area contributed by atoms with E-state index in [0.29, 0.717) is 18.1 Å². The minimum Gasteiger partial charge on any atom is -0.495 e. The minimum atomic E-state index is -3.83. The van der Waals surface area contributed by atoms with Gasteiger partial charge in [-0.25, -0.2) is 16.8 Å². The molecule has 0 spiro atoms. The maximum Gasteiger partial charge on any atom is 0.267 e. The first-order valence-electron chi connectivity index (χ1n) is 10.9. The van der Waals surface area contributed by atoms with Crippen LogP contribution < -0.4 is 19.1 Å². The van der Waals surface area contributed by atoms with E-state index < -0.39 is 32.1 Å². The third kappa shape index (κ3) is 5.35. The van der Waals surface area contributed by atoms with Crippen molar-refractivity contribution >= 4 is 48.9 Å². The van der Waals surface area contributed by atoms with Crippen molar-refractivity contribution in [2.75, 3.05) is 42.6 Å². The van der Waals surface area contributed by atoms with Crippen LogP contribution in [-0.2, 0) is 24.8 Å². The SMILES string of the molecule is COc1ccc(NC(=O)C2CN(S(C)(=O)=O)c3cc(Cl)ccc3O2)cc1S(=O)(=O)N1CCCCC1. The lowest BCUT2D eigenvalue weighted by molar-refractivity contribution is -0.122. The van der Waals surface area contributed by atoms with Crippen LogP contribution in [0, 0.1) is 0 Å². The Morgan fingerprint density at radius 3 is 2.46 bits per heavy atom. The van der Waals surface area contributed by atoms with Crippen molar-refractivity contribution in [2.24, 2.45) is 0 Å². The van der Waals surface area contributed by atoms with Gasteiger partial charge < -0.3 is 14.8 Å². The number of nitrogens with zero attached hydrogens (tertiary/aromatic N) is 2. The summed E-state index contributed by atoms with van der Waals surface area (Å²) >= 11 is 6.01. The van der Waals surface area contributed by atoms with Gasteiger partial charge in [-0.3, -0.25) is 9.10 Å². The van der Waals surface area contributed by atoms with Crippen molar-refractivity contribution in [3.63, 3.8) is 0 Å². The van der Waals surface area contributed by atoms with Gasteiger partial charge in [-0.2, -0.15) is 4.31 Å². The summed E-state index contributed by atoms with van der Waals surface area (Å²) in [4.78, 5) is 13.0. The molecule has 1 amide bonds. The first-order valence-corrected chi connectivity index (χ1v) is 14.6. The zero-order valence-corrected chi connectivity index (χ0v) is 21.6. The Bertz CT molecular complexity index is 1340. The molecule has 35 heavy (non-hydrogen) atoms. The quantitative estimate of drug-likeness (QED) is 0.594. The van der Waals surface area contributed by atoms with Crippen LogP contribution in [0.2, 0.25) is 5.02 Å². The molecule has 1 fully saturated rings. The van der Waals surface area contributed by atoms with Crippen LogP contribution in [0.25, 0.3) is 0 Å². The zero-order chi connectivity index (χ0) is 25.4. The van der Waals surface area contributed by atoms with Gasteiger partial charge in [0.2, 0.25) is 20.0 Å². The van der Waals surface area contributed by atoms with Gasteiger partial charge in [0.1, 0.15) is 16.4 Å². The molecule has 1 unspecified atom stereocenters. The van der Waals surface area contributed by atoms with Crippen LogP contribution in [0.3, 0.4) is 0 Å². The highest BCUT2D eigenvalue weighted by atomic mass is 35.5. The molecule has 4 rings (SSSR count). The van der Waals surface area contributed by atoms with E-state index in [2.05, 4.69) is 5.32 Å². The monoisotopic (exact) mass is 543 g/mol. The summed E-state index contributed by atoms with van der Waals surface area (Å²) in [6, 6.07) is 8.79. The summed E-state index contributed by atoms with van der Waals surface area (Å²) in [6.07, 6.45) is 2.38. The fraction of sp³-hybridized carbons (Fsp3) is 0.409. The fourth-order valence-corrected chi connectivity index (χ4v) is 6.87. The Kier molecular flexibility index (Phi) is 7.18. The van der Waals surface area contributed by atoms with Gasteiger partial charge in [-0.1, -0.05) is 18.0 Å². The number of carbonyl (C=O) groups excluding carboxylic acids is 1. The molecule has 10 nitrogen and oxygen atoms in total. The smallest absolute Gasteiger partial charge is 0.267 e. The predicted molar refractivity (Wildman–Crippen MR) is 132 cm³/mol. The van der Waals surface area contributed by atoms with Crippen LogP contribution in [0.5, 0.6) is 11.5 Å². The van der Waals surface area contributed by atoms with Crippen molar-refractivity contribution in [2.45, 2.75) is 30.3 Å². The molecule has 0 aromatic heterocycles. The molecule has 1 saturated heterocycles. The van der Waals surface area contributed by atoms with Gasteiger partial charge in [0, 0.05) is 23.8 Å². The molecule has 190 valence electrons. The maximum atomic E-state index is 13.2. The summed E-state index contributed by atoms with van der Waals surface area (Å²) in [6.45, 7) is 0.568. The molecule has 2 aliphatic rings. The van der Waals surface area contributed by atoms with Crippen LogP contribution in [-0.4, -0.2) is 66.2 Å². The summed E-state index contributed by atoms with van der Waals surface area (Å²) in [7, 11) is -6.19. The van der Waals surface area contributed by atoms with Crippen molar-refractivity contribution in [1.82, 2.24) is 4.31 Å². The highest BCUT2D eigenvalue weighted by Crippen LogP contribution is 2.37. The first kappa shape index (κ1) is 25.5. The molecule has 1 atom stereocenters. The van der Waals surface area contributed by atoms with Crippen molar-refractivity contribution in [1.29, 1.82) is 0 Å². The summed E-state index contributed by atoms with van der Waals surface area (Å²) in [5, 5.41) is 2.97. The lowest BCUT2D eigenvalue weighted by atomic mass is 10.2. The number of fused-ring (bicyclic) bond motifs is 1. The number of hydrogen-bond donors (Lipinski definition) is 1. The Hall–Kier alpha value is -2.54. The van der Waals surface area contributed by atoms with Crippen LogP contribution in [0.1, 0.15) is 19.3 Å². The molecule has 2 heterocycles. The number of piperidine rings is 1. The predicted octanol–water partition coefficient (Wildman–Crippen LogP) is 2.69. The average Bonchev–Trinajstić information content (AvgIpc) is 2.83. The topological polar surface area (TPSA) is 122 Å². The van der Waals surface area contributed by atoms with E-state index in [1.807, 2.05) is 0 Å². The van der Waals surface area contributed by atoms with Gasteiger partial charge >= 0.3 is 0 Å². The van der Waals surface area contributed by atoms with E-state index in [0.717, 1.165) is 29.8 Å². The van der Waals surface area contributed by atoms with Gasteiger partial charge in [0.15, 0.2) is 6.10 Å². The number of anilines is 2. The molecular weight excluding hydrogens is 518 g/mol. The molecule has 2 aliphatic heterocycles. The Morgan fingerprint density at radius 1 is 1.09 bits per heavy atom. The van der Waals surface area contributed by atoms with Crippen LogP contribution in [0.15, 0.2) is 41.3 Å². The summed E-state index contributed by atoms with van der Waals surface area (Å²) in [5.41, 5.74) is 0.450. The van der Waals surface area contributed by atoms with Gasteiger partial charge in [-0.15, -0.1) is 0 Å². The lowest BCUT2D eigenvalue weighted by Crippen LogP contribution is -2.48. The Morgan fingerprint density at radius 2 is 1.80 bits per heavy atom. The molecule has 13 heteroatoms. The van der Waals surface area contributed by atoms with Crippen molar-refractivity contribution in [3.05, 3.63) is 41.4 Å². The standard InChI is InChI=1S/C22H26ClN3O7S2/c1-32-19-9-7-16(13-21(19)35(30,31)25-10-4-3-5-11-25)24-22(27)20-14-26(34(2,28)29)17-12-15(23)6-8-18(17)33-20/h6-9,12-13,20H,3-5,10-11,14H2,1-2H3,(H,24,27). The molecule has 0 saturated carbocycles. The normalized spacial score (nSPS) is 18.9. The second-order valence-corrected chi connectivity index (χ2v) is 12.6. The fourth-order valence-electron chi connectivity index (χ4n) is 4.10. The summed E-state index contributed by atoms with van der Waals surface area (Å²) < 4.78 is 64.7. The lowest BCUT2D eigenvalue weighted by Gasteiger charge is -2.34. The highest BCUT2D eigenvalue weighted by molar-refractivity contribution is 7.92. The third-order valence-corrected chi connectivity index (χ3v) is 9.15. The Labute approximate surface area is 209 Å². The van der Waals surface area contributed by atoms with Crippen LogP contribution >= 0.6 is 11.6 Å². The zero-order valence-electron chi connectivity index (χ0n) is 19.2. The number of hydrogen-bond acceptors (Lipinski definition) is 7. The average molecular weight is 544 g/mol. The minimum absolute atomic E-state index is 0.0537. The number of amides is 1. The van der Waals surface area contributed by atoms with E-state index >= 15 is 0 Å². The molecular formula is C22H26ClN3O7S2. The van der Waals surface area contributed by atoms with Crippen LogP contribution in [0.4, 0.5) is 11.4 Å². The number of carbonyl (C=O) groups is 1. The molecule has 0 bridgehead atoms. The van der Waals surface area contributed by atoms with Gasteiger partial charge in [-0.05, 0) is 49.2 Å². The third-order valence-electron chi connectivity index (χ3n) is 5.85. The number of methoxy groups -OCH3 is 1. The van der Waals surface area contributed by atoms with E-state index in [4.69, 9.17) is 21.1 Å². The highest BCUT2D eigenvalue weighted by Gasteiger charge is 2.36. The summed E-state index contributed by atoms with van der Waals surface area (Å²) in [5.74, 6) is -0.281. The maximum absolute atomic E-state index is 13.2. The largest absolute Gasteiger partial charge is 0.495 e. The van der Waals surface area contributed by atoms with Gasteiger partial charge in [0.05, 0.1) is 25.6 Å². The second-order valence-electron chi connectivity index (χ2n) is 8.33. The first-order chi connectivity index (χ1) is 16.5. The number of benzene rings is 2. The number of ether oxygens (including phenoxy) is 2. The van der Waals surface area contributed by atoms with E-state index in [1.54, 1.807) is 0 Å². The molecule has 2 aromatic rings. The molecule has 2 aromatic carbocycles. The van der Waals surface area contributed by atoms with Crippen molar-refractivity contribution in [3.8, 4) is 11.5 Å². The molecule has 0 aliphatic carbocycles. The molecule has 1 N–H and O–H groups in total. The van der Waals surface area contributed by atoms with E-state index in [-0.39, 0.29) is 34.3 Å².